The van der Waals surface area contributed by atoms with Gasteiger partial charge in [-0.1, -0.05) is 30.3 Å². The summed E-state index contributed by atoms with van der Waals surface area (Å²) >= 11 is 0. The number of nitrogens with zero attached hydrogens (tertiary/aromatic N) is 5. The Balaban J connectivity index is 1.31. The minimum Gasteiger partial charge on any atom is -0.437 e. The summed E-state index contributed by atoms with van der Waals surface area (Å²) in [6.07, 6.45) is 1.23. The van der Waals surface area contributed by atoms with Gasteiger partial charge in [-0.05, 0) is 5.56 Å². The minimum absolute atomic E-state index is 0.252. The van der Waals surface area contributed by atoms with E-state index >= 15 is 0 Å². The number of urea groups is 1. The molecule has 1 N–H and O–H groups in total. The molecule has 0 saturated carbocycles. The first-order chi connectivity index (χ1) is 12.0. The first-order valence-electron chi connectivity index (χ1n) is 7.96. The lowest BCUT2D eigenvalue weighted by molar-refractivity contribution is -0.0488. The molecule has 0 aliphatic carbocycles. The normalized spacial score (nSPS) is 18.2. The largest absolute Gasteiger partial charge is 0.437 e. The quantitative estimate of drug-likeness (QED) is 0.898. The van der Waals surface area contributed by atoms with Gasteiger partial charge >= 0.3 is 12.1 Å². The third-order valence-corrected chi connectivity index (χ3v) is 4.33. The van der Waals surface area contributed by atoms with E-state index in [0.29, 0.717) is 26.2 Å². The van der Waals surface area contributed by atoms with Crippen LogP contribution < -0.4 is 5.32 Å². The number of rotatable bonds is 3. The molecule has 2 saturated heterocycles. The molecule has 0 unspecified atom stereocenters. The first kappa shape index (κ1) is 15.4. The smallest absolute Gasteiger partial charge is 0.410 e. The van der Waals surface area contributed by atoms with Crippen LogP contribution in [0.3, 0.4) is 0 Å². The lowest BCUT2D eigenvalue weighted by atomic mass is 9.95. The van der Waals surface area contributed by atoms with Crippen LogP contribution in [0.2, 0.25) is 0 Å². The molecule has 1 spiro atoms. The Kier molecular flexibility index (Phi) is 3.56. The summed E-state index contributed by atoms with van der Waals surface area (Å²) in [5.41, 5.74) is 0.533. The first-order valence-corrected chi connectivity index (χ1v) is 7.96. The lowest BCUT2D eigenvalue weighted by Crippen LogP contribution is -2.66. The van der Waals surface area contributed by atoms with Crippen molar-refractivity contribution >= 4 is 18.1 Å². The van der Waals surface area contributed by atoms with E-state index in [-0.39, 0.29) is 18.1 Å². The van der Waals surface area contributed by atoms with E-state index < -0.39 is 5.60 Å². The molecule has 3 heterocycles. The third-order valence-electron chi connectivity index (χ3n) is 4.33. The second-order valence-electron chi connectivity index (χ2n) is 6.44. The number of aromatic nitrogens is 3. The number of likely N-dealkylation sites (tertiary alicyclic amines) is 1. The molecule has 1 aromatic heterocycles. The van der Waals surface area contributed by atoms with Crippen LogP contribution in [0.25, 0.3) is 0 Å². The van der Waals surface area contributed by atoms with Crippen LogP contribution in [0.15, 0.2) is 36.7 Å². The molecule has 9 nitrogen and oxygen atoms in total. The molecule has 25 heavy (non-hydrogen) atoms. The van der Waals surface area contributed by atoms with Crippen molar-refractivity contribution < 1.29 is 14.3 Å². The summed E-state index contributed by atoms with van der Waals surface area (Å²) in [5, 5.41) is 6.92. The molecule has 1 aromatic carbocycles. The van der Waals surface area contributed by atoms with Gasteiger partial charge < -0.3 is 14.5 Å². The zero-order valence-corrected chi connectivity index (χ0v) is 13.8. The predicted molar refractivity (Wildman–Crippen MR) is 88.0 cm³/mol. The van der Waals surface area contributed by atoms with Crippen molar-refractivity contribution in [2.45, 2.75) is 12.1 Å². The molecule has 4 rings (SSSR count). The number of anilines is 1. The number of carbonyl (C=O) groups is 2. The molecule has 3 amide bonds. The van der Waals surface area contributed by atoms with Gasteiger partial charge in [-0.3, -0.25) is 5.32 Å². The van der Waals surface area contributed by atoms with Crippen LogP contribution in [0.1, 0.15) is 5.56 Å². The van der Waals surface area contributed by atoms with Gasteiger partial charge in [0.25, 0.3) is 0 Å². The fraction of sp³-hybridized carbons (Fsp3) is 0.375. The van der Waals surface area contributed by atoms with E-state index in [2.05, 4.69) is 15.4 Å². The van der Waals surface area contributed by atoms with Crippen LogP contribution in [-0.2, 0) is 11.3 Å². The van der Waals surface area contributed by atoms with Crippen molar-refractivity contribution in [1.82, 2.24) is 24.6 Å². The summed E-state index contributed by atoms with van der Waals surface area (Å²) in [4.78, 5) is 30.9. The monoisotopic (exact) mass is 342 g/mol. The summed E-state index contributed by atoms with van der Waals surface area (Å²) < 4.78 is 6.99. The predicted octanol–water partition coefficient (Wildman–Crippen LogP) is 0.995. The molecule has 2 aliphatic rings. The molecule has 2 aliphatic heterocycles. The van der Waals surface area contributed by atoms with Crippen molar-refractivity contribution in [3.63, 3.8) is 0 Å². The zero-order valence-electron chi connectivity index (χ0n) is 13.8. The summed E-state index contributed by atoms with van der Waals surface area (Å²) in [7, 11) is 1.68. The van der Waals surface area contributed by atoms with E-state index in [9.17, 15) is 9.59 Å². The van der Waals surface area contributed by atoms with Gasteiger partial charge in [0, 0.05) is 7.05 Å². The SMILES string of the molecule is CN1CC2(CN(C(=O)Nc3ncn(Cc4ccccc4)n3)C2)OC1=O. The fourth-order valence-corrected chi connectivity index (χ4v) is 3.12. The number of likely N-dealkylation sites (N-methyl/N-ethyl adjacent to an activating group) is 1. The number of nitrogens with one attached hydrogen (secondary N) is 1. The van der Waals surface area contributed by atoms with Crippen LogP contribution in [-0.4, -0.2) is 69.0 Å². The molecule has 130 valence electrons. The van der Waals surface area contributed by atoms with Gasteiger partial charge in [0.15, 0.2) is 5.60 Å². The molecular weight excluding hydrogens is 324 g/mol. The Labute approximate surface area is 144 Å². The van der Waals surface area contributed by atoms with Crippen LogP contribution in [0.5, 0.6) is 0 Å². The molecule has 0 bridgehead atoms. The topological polar surface area (TPSA) is 92.6 Å². The van der Waals surface area contributed by atoms with Crippen LogP contribution in [0.4, 0.5) is 15.5 Å². The highest BCUT2D eigenvalue weighted by atomic mass is 16.6. The van der Waals surface area contributed by atoms with Gasteiger partial charge in [0.2, 0.25) is 5.95 Å². The maximum Gasteiger partial charge on any atom is 0.410 e. The van der Waals surface area contributed by atoms with Crippen molar-refractivity contribution in [2.75, 3.05) is 32.0 Å². The van der Waals surface area contributed by atoms with Gasteiger partial charge in [-0.25, -0.2) is 19.3 Å². The molecule has 0 atom stereocenters. The summed E-state index contributed by atoms with van der Waals surface area (Å²) in [6.45, 7) is 1.83. The summed E-state index contributed by atoms with van der Waals surface area (Å²) in [5.74, 6) is 0.252. The van der Waals surface area contributed by atoms with E-state index in [1.165, 1.54) is 4.90 Å². The fourth-order valence-electron chi connectivity index (χ4n) is 3.12. The molecule has 0 radical (unpaired) electrons. The number of amides is 3. The highest BCUT2D eigenvalue weighted by Crippen LogP contribution is 2.31. The number of ether oxygens (including phenoxy) is 1. The maximum atomic E-state index is 12.2. The third kappa shape index (κ3) is 3.00. The Morgan fingerprint density at radius 3 is 2.72 bits per heavy atom. The Morgan fingerprint density at radius 2 is 2.04 bits per heavy atom. The highest BCUT2D eigenvalue weighted by Gasteiger charge is 2.54. The van der Waals surface area contributed by atoms with E-state index in [1.54, 1.807) is 23.0 Å². The Hall–Kier alpha value is -3.10. The van der Waals surface area contributed by atoms with Gasteiger partial charge in [0.1, 0.15) is 6.33 Å². The molecular formula is C16H18N6O3. The standard InChI is InChI=1S/C16H18N6O3/c1-20-8-16(25-15(20)24)9-21(10-16)14(23)18-13-17-11-22(19-13)7-12-5-3-2-4-6-12/h2-6,11H,7-10H2,1H3,(H,18,19,23). The number of carbonyl (C=O) groups excluding carboxylic acids is 2. The van der Waals surface area contributed by atoms with Crippen LogP contribution in [0, 0.1) is 0 Å². The molecule has 2 aromatic rings. The van der Waals surface area contributed by atoms with Crippen LogP contribution >= 0.6 is 0 Å². The van der Waals surface area contributed by atoms with Gasteiger partial charge in [-0.2, -0.15) is 0 Å². The lowest BCUT2D eigenvalue weighted by Gasteiger charge is -2.44. The van der Waals surface area contributed by atoms with Crippen molar-refractivity contribution in [1.29, 1.82) is 0 Å². The second kappa shape index (κ2) is 5.76. The van der Waals surface area contributed by atoms with E-state index in [0.717, 1.165) is 5.56 Å². The Bertz CT molecular complexity index is 799. The Morgan fingerprint density at radius 1 is 1.28 bits per heavy atom. The zero-order chi connectivity index (χ0) is 17.4. The highest BCUT2D eigenvalue weighted by molar-refractivity contribution is 5.88. The van der Waals surface area contributed by atoms with Gasteiger partial charge in [-0.15, -0.1) is 5.10 Å². The average Bonchev–Trinajstić information content (AvgIpc) is 3.11. The molecule has 2 fully saturated rings. The maximum absolute atomic E-state index is 12.2. The number of hydrogen-bond donors (Lipinski definition) is 1. The second-order valence-corrected chi connectivity index (χ2v) is 6.44. The van der Waals surface area contributed by atoms with E-state index in [4.69, 9.17) is 4.74 Å². The van der Waals surface area contributed by atoms with E-state index in [1.807, 2.05) is 30.3 Å². The molecule has 9 heteroatoms. The number of hydrogen-bond acceptors (Lipinski definition) is 5. The van der Waals surface area contributed by atoms with Crippen molar-refractivity contribution in [3.8, 4) is 0 Å². The minimum atomic E-state index is -0.566. The van der Waals surface area contributed by atoms with Crippen molar-refractivity contribution in [3.05, 3.63) is 42.2 Å². The average molecular weight is 342 g/mol. The number of benzene rings is 1. The summed E-state index contributed by atoms with van der Waals surface area (Å²) in [6, 6.07) is 9.58. The van der Waals surface area contributed by atoms with Gasteiger partial charge in [0.05, 0.1) is 26.2 Å². The van der Waals surface area contributed by atoms with Crippen molar-refractivity contribution in [2.24, 2.45) is 0 Å².